The summed E-state index contributed by atoms with van der Waals surface area (Å²) in [5.41, 5.74) is 1.84. The molecule has 0 fully saturated rings. The van der Waals surface area contributed by atoms with Gasteiger partial charge in [0.25, 0.3) is 5.69 Å². The molecule has 2 heterocycles. The predicted octanol–water partition coefficient (Wildman–Crippen LogP) is 4.38. The van der Waals surface area contributed by atoms with E-state index < -0.39 is 4.92 Å². The highest BCUT2D eigenvalue weighted by Crippen LogP contribution is 2.25. The molecule has 0 unspecified atom stereocenters. The molecule has 8 heteroatoms. The summed E-state index contributed by atoms with van der Waals surface area (Å²) in [4.78, 5) is 16.9. The van der Waals surface area contributed by atoms with Crippen LogP contribution in [-0.2, 0) is 0 Å². The Labute approximate surface area is 152 Å². The summed E-state index contributed by atoms with van der Waals surface area (Å²) in [6.45, 7) is 4.05. The molecule has 0 aliphatic rings. The first-order chi connectivity index (χ1) is 12.0. The van der Waals surface area contributed by atoms with Gasteiger partial charge in [-0.1, -0.05) is 6.07 Å². The zero-order valence-electron chi connectivity index (χ0n) is 13.7. The van der Waals surface area contributed by atoms with Crippen molar-refractivity contribution >= 4 is 34.6 Å². The predicted molar refractivity (Wildman–Crippen MR) is 102 cm³/mol. The van der Waals surface area contributed by atoms with Gasteiger partial charge in [0.1, 0.15) is 0 Å². The first-order valence-corrected chi connectivity index (χ1v) is 9.37. The molecule has 0 saturated heterocycles. The van der Waals surface area contributed by atoms with Crippen molar-refractivity contribution in [3.8, 4) is 10.6 Å². The van der Waals surface area contributed by atoms with E-state index in [4.69, 9.17) is 0 Å². The summed E-state index contributed by atoms with van der Waals surface area (Å²) < 4.78 is 1.82. The molecule has 0 bridgehead atoms. The Morgan fingerprint density at radius 2 is 1.96 bits per heavy atom. The summed E-state index contributed by atoms with van der Waals surface area (Å²) in [7, 11) is 0. The second-order valence-corrected chi connectivity index (χ2v) is 7.29. The van der Waals surface area contributed by atoms with Gasteiger partial charge >= 0.3 is 0 Å². The highest BCUT2D eigenvalue weighted by molar-refractivity contribution is 7.14. The Bertz CT molecular complexity index is 951. The number of aromatic nitrogens is 1. The van der Waals surface area contributed by atoms with Gasteiger partial charge in [0.2, 0.25) is 4.80 Å². The molecule has 3 aromatic rings. The third-order valence-corrected chi connectivity index (χ3v) is 4.98. The van der Waals surface area contributed by atoms with Crippen molar-refractivity contribution in [3.63, 3.8) is 0 Å². The van der Waals surface area contributed by atoms with Crippen molar-refractivity contribution in [1.29, 1.82) is 0 Å². The van der Waals surface area contributed by atoms with Gasteiger partial charge in [0.05, 0.1) is 21.7 Å². The van der Waals surface area contributed by atoms with Crippen LogP contribution in [0, 0.1) is 10.1 Å². The number of rotatable bonds is 5. The lowest BCUT2D eigenvalue weighted by molar-refractivity contribution is -0.384. The molecule has 3 rings (SSSR count). The number of nitro benzene ring substituents is 1. The zero-order chi connectivity index (χ0) is 17.8. The fourth-order valence-corrected chi connectivity index (χ4v) is 3.88. The SMILES string of the molecule is CC(C)N=c1scc(-c2cccs2)n1N=Cc1ccc([N+](=O)[O-])cc1. The molecular formula is C17H16N4O2S2. The minimum Gasteiger partial charge on any atom is -0.258 e. The van der Waals surface area contributed by atoms with Crippen LogP contribution in [-0.4, -0.2) is 21.9 Å². The van der Waals surface area contributed by atoms with E-state index in [1.807, 2.05) is 41.4 Å². The van der Waals surface area contributed by atoms with Gasteiger partial charge in [-0.3, -0.25) is 15.1 Å². The van der Waals surface area contributed by atoms with Crippen molar-refractivity contribution in [1.82, 2.24) is 4.68 Å². The number of hydrogen-bond acceptors (Lipinski definition) is 6. The largest absolute Gasteiger partial charge is 0.269 e. The minimum atomic E-state index is -0.414. The van der Waals surface area contributed by atoms with Crippen molar-refractivity contribution in [2.45, 2.75) is 19.9 Å². The van der Waals surface area contributed by atoms with Gasteiger partial charge in [0.15, 0.2) is 0 Å². The molecule has 128 valence electrons. The van der Waals surface area contributed by atoms with Crippen molar-refractivity contribution in [2.75, 3.05) is 0 Å². The molecule has 0 spiro atoms. The van der Waals surface area contributed by atoms with E-state index in [0.717, 1.165) is 20.9 Å². The third kappa shape index (κ3) is 4.09. The van der Waals surface area contributed by atoms with E-state index >= 15 is 0 Å². The van der Waals surface area contributed by atoms with Crippen molar-refractivity contribution < 1.29 is 4.92 Å². The molecule has 6 nitrogen and oxygen atoms in total. The van der Waals surface area contributed by atoms with E-state index in [9.17, 15) is 10.1 Å². The first kappa shape index (κ1) is 17.2. The summed E-state index contributed by atoms with van der Waals surface area (Å²) >= 11 is 3.19. The molecule has 0 N–H and O–H groups in total. The maximum absolute atomic E-state index is 10.7. The second kappa shape index (κ2) is 7.54. The van der Waals surface area contributed by atoms with Crippen LogP contribution in [0.1, 0.15) is 19.4 Å². The van der Waals surface area contributed by atoms with E-state index in [0.29, 0.717) is 0 Å². The lowest BCUT2D eigenvalue weighted by atomic mass is 10.2. The summed E-state index contributed by atoms with van der Waals surface area (Å²) in [5, 5.41) is 19.4. The number of thiazole rings is 1. The van der Waals surface area contributed by atoms with E-state index in [-0.39, 0.29) is 11.7 Å². The highest BCUT2D eigenvalue weighted by Gasteiger charge is 2.09. The fraction of sp³-hybridized carbons (Fsp3) is 0.176. The molecule has 0 radical (unpaired) electrons. The quantitative estimate of drug-likeness (QED) is 0.379. The van der Waals surface area contributed by atoms with Crippen LogP contribution in [0.5, 0.6) is 0 Å². The van der Waals surface area contributed by atoms with Crippen LogP contribution in [0.4, 0.5) is 5.69 Å². The molecule has 0 aliphatic heterocycles. The third-order valence-electron chi connectivity index (χ3n) is 3.25. The van der Waals surface area contributed by atoms with Gasteiger partial charge in [-0.15, -0.1) is 22.7 Å². The maximum atomic E-state index is 10.7. The van der Waals surface area contributed by atoms with Gasteiger partial charge in [-0.05, 0) is 43.0 Å². The van der Waals surface area contributed by atoms with Crippen LogP contribution in [0.2, 0.25) is 0 Å². The highest BCUT2D eigenvalue weighted by atomic mass is 32.1. The van der Waals surface area contributed by atoms with Gasteiger partial charge in [0, 0.05) is 23.6 Å². The lowest BCUT2D eigenvalue weighted by Gasteiger charge is -2.02. The smallest absolute Gasteiger partial charge is 0.258 e. The molecule has 0 saturated carbocycles. The monoisotopic (exact) mass is 372 g/mol. The number of benzene rings is 1. The number of hydrogen-bond donors (Lipinski definition) is 0. The topological polar surface area (TPSA) is 72.8 Å². The second-order valence-electron chi connectivity index (χ2n) is 5.51. The Kier molecular flexibility index (Phi) is 5.20. The summed E-state index contributed by atoms with van der Waals surface area (Å²) in [6.07, 6.45) is 1.69. The fourth-order valence-electron chi connectivity index (χ4n) is 2.12. The first-order valence-electron chi connectivity index (χ1n) is 7.61. The number of thiophene rings is 1. The number of nitrogens with zero attached hydrogens (tertiary/aromatic N) is 4. The summed E-state index contributed by atoms with van der Waals surface area (Å²) in [5.74, 6) is 0. The van der Waals surface area contributed by atoms with E-state index in [2.05, 4.69) is 10.1 Å². The van der Waals surface area contributed by atoms with Gasteiger partial charge < -0.3 is 0 Å². The minimum absolute atomic E-state index is 0.0649. The average Bonchev–Trinajstić information content (AvgIpc) is 3.22. The van der Waals surface area contributed by atoms with Crippen molar-refractivity contribution in [3.05, 3.63) is 67.6 Å². The Balaban J connectivity index is 2.00. The average molecular weight is 372 g/mol. The molecule has 0 aliphatic carbocycles. The molecule has 1 aromatic carbocycles. The lowest BCUT2D eigenvalue weighted by Crippen LogP contribution is -2.14. The van der Waals surface area contributed by atoms with Crippen LogP contribution < -0.4 is 4.80 Å². The van der Waals surface area contributed by atoms with Crippen LogP contribution in [0.25, 0.3) is 10.6 Å². The number of non-ortho nitro benzene ring substituents is 1. The van der Waals surface area contributed by atoms with Crippen LogP contribution in [0.3, 0.4) is 0 Å². The Morgan fingerprint density at radius 1 is 1.20 bits per heavy atom. The standard InChI is InChI=1S/C17H16N4O2S2/c1-12(2)19-17-20(15(11-25-17)16-4-3-9-24-16)18-10-13-5-7-14(8-6-13)21(22)23/h3-12H,1-2H3. The molecule has 0 atom stereocenters. The number of nitro groups is 1. The molecule has 2 aromatic heterocycles. The zero-order valence-corrected chi connectivity index (χ0v) is 15.3. The normalized spacial score (nSPS) is 12.4. The maximum Gasteiger partial charge on any atom is 0.269 e. The van der Waals surface area contributed by atoms with Gasteiger partial charge in [-0.2, -0.15) is 5.10 Å². The van der Waals surface area contributed by atoms with E-state index in [1.165, 1.54) is 12.1 Å². The molecular weight excluding hydrogens is 356 g/mol. The Morgan fingerprint density at radius 3 is 2.56 bits per heavy atom. The molecule has 0 amide bonds. The van der Waals surface area contributed by atoms with Gasteiger partial charge in [-0.25, -0.2) is 4.68 Å². The van der Waals surface area contributed by atoms with E-state index in [1.54, 1.807) is 41.0 Å². The van der Waals surface area contributed by atoms with Crippen molar-refractivity contribution in [2.24, 2.45) is 10.1 Å². The molecule has 25 heavy (non-hydrogen) atoms. The summed E-state index contributed by atoms with van der Waals surface area (Å²) in [6, 6.07) is 10.5. The van der Waals surface area contributed by atoms with Crippen LogP contribution >= 0.6 is 22.7 Å². The van der Waals surface area contributed by atoms with Crippen LogP contribution in [0.15, 0.2) is 57.3 Å². The Hall–Kier alpha value is -2.58.